The molecule has 45 heavy (non-hydrogen) atoms. The van der Waals surface area contributed by atoms with Gasteiger partial charge >= 0.3 is 11.9 Å². The molecule has 0 heterocycles. The van der Waals surface area contributed by atoms with E-state index in [2.05, 4.69) is 50.3 Å². The highest BCUT2D eigenvalue weighted by molar-refractivity contribution is 5.70. The van der Waals surface area contributed by atoms with Gasteiger partial charge in [-0.2, -0.15) is 0 Å². The van der Waals surface area contributed by atoms with Crippen molar-refractivity contribution < 1.29 is 34.4 Å². The molecule has 0 radical (unpaired) electrons. The van der Waals surface area contributed by atoms with E-state index in [4.69, 9.17) is 9.47 Å². The van der Waals surface area contributed by atoms with Crippen molar-refractivity contribution in [2.75, 3.05) is 13.2 Å². The maximum atomic E-state index is 12.1. The molecule has 7 heteroatoms. The maximum absolute atomic E-state index is 12.1. The topological polar surface area (TPSA) is 113 Å². The van der Waals surface area contributed by atoms with Crippen LogP contribution in [-0.2, 0) is 19.1 Å². The summed E-state index contributed by atoms with van der Waals surface area (Å²) in [5, 5.41) is 29.9. The van der Waals surface area contributed by atoms with Crippen LogP contribution in [0, 0.1) is 0 Å². The highest BCUT2D eigenvalue weighted by Crippen LogP contribution is 2.13. The Bertz CT molecular complexity index is 802. The molecule has 0 aromatic rings. The standard InChI is InChI=1S/C38H66O7/c1-3-5-7-9-11-13-15-17-19-21-23-25-28-35(40)36(41)29-27-31-37(42)44-33-34(32-39)45-38(43)30-26-24-22-20-18-16-14-12-10-8-6-4-2/h5,7,11,13,17,19,23,25,34-36,39-41H,3-4,6,8-10,12,14-16,18,20-22,24,26-33H2,1-2H3/b7-5-,13-11-,19-17-,25-23-/t34-,35-,36-/m0/s1. The van der Waals surface area contributed by atoms with Gasteiger partial charge < -0.3 is 24.8 Å². The van der Waals surface area contributed by atoms with E-state index in [-0.39, 0.29) is 25.4 Å². The molecule has 0 saturated heterocycles. The van der Waals surface area contributed by atoms with E-state index in [1.807, 2.05) is 12.2 Å². The van der Waals surface area contributed by atoms with Crippen LogP contribution in [0.1, 0.15) is 149 Å². The molecule has 0 aromatic carbocycles. The van der Waals surface area contributed by atoms with Crippen LogP contribution < -0.4 is 0 Å². The third-order valence-electron chi connectivity index (χ3n) is 7.59. The minimum absolute atomic E-state index is 0.0682. The van der Waals surface area contributed by atoms with E-state index in [0.717, 1.165) is 44.9 Å². The van der Waals surface area contributed by atoms with Gasteiger partial charge in [0.15, 0.2) is 6.10 Å². The van der Waals surface area contributed by atoms with Crippen molar-refractivity contribution in [3.8, 4) is 0 Å². The molecular weight excluding hydrogens is 568 g/mol. The number of aliphatic hydroxyl groups excluding tert-OH is 3. The van der Waals surface area contributed by atoms with Crippen LogP contribution in [0.2, 0.25) is 0 Å². The van der Waals surface area contributed by atoms with Crippen molar-refractivity contribution in [3.63, 3.8) is 0 Å². The lowest BCUT2D eigenvalue weighted by Gasteiger charge is -2.17. The average Bonchev–Trinajstić information content (AvgIpc) is 3.03. The summed E-state index contributed by atoms with van der Waals surface area (Å²) in [6.07, 6.45) is 33.5. The van der Waals surface area contributed by atoms with E-state index >= 15 is 0 Å². The van der Waals surface area contributed by atoms with Crippen molar-refractivity contribution in [2.45, 2.75) is 167 Å². The molecular formula is C38H66O7. The minimum atomic E-state index is -0.934. The van der Waals surface area contributed by atoms with E-state index in [1.165, 1.54) is 57.8 Å². The van der Waals surface area contributed by atoms with Crippen molar-refractivity contribution in [1.29, 1.82) is 0 Å². The fraction of sp³-hybridized carbons (Fsp3) is 0.737. The normalized spacial score (nSPS) is 14.2. The lowest BCUT2D eigenvalue weighted by molar-refractivity contribution is -0.161. The first-order chi connectivity index (χ1) is 21.9. The van der Waals surface area contributed by atoms with Crippen LogP contribution in [0.5, 0.6) is 0 Å². The quantitative estimate of drug-likeness (QED) is 0.0397. The molecule has 0 aliphatic rings. The zero-order valence-electron chi connectivity index (χ0n) is 28.6. The van der Waals surface area contributed by atoms with Gasteiger partial charge in [-0.15, -0.1) is 0 Å². The molecule has 0 spiro atoms. The molecule has 0 aliphatic heterocycles. The Morgan fingerprint density at radius 1 is 0.600 bits per heavy atom. The minimum Gasteiger partial charge on any atom is -0.462 e. The van der Waals surface area contributed by atoms with Crippen LogP contribution >= 0.6 is 0 Å². The number of allylic oxidation sites excluding steroid dienone is 7. The Kier molecular flexibility index (Phi) is 31.5. The first-order valence-corrected chi connectivity index (χ1v) is 17.9. The Labute approximate surface area is 274 Å². The Morgan fingerprint density at radius 3 is 1.62 bits per heavy atom. The molecule has 0 unspecified atom stereocenters. The smallest absolute Gasteiger partial charge is 0.306 e. The Hall–Kier alpha value is -2.22. The number of esters is 2. The molecule has 3 atom stereocenters. The first kappa shape index (κ1) is 42.8. The van der Waals surface area contributed by atoms with Crippen molar-refractivity contribution in [1.82, 2.24) is 0 Å². The van der Waals surface area contributed by atoms with Gasteiger partial charge in [-0.25, -0.2) is 0 Å². The first-order valence-electron chi connectivity index (χ1n) is 17.9. The van der Waals surface area contributed by atoms with E-state index in [0.29, 0.717) is 19.3 Å². The van der Waals surface area contributed by atoms with Crippen LogP contribution in [0.4, 0.5) is 0 Å². The molecule has 3 N–H and O–H groups in total. The van der Waals surface area contributed by atoms with Crippen molar-refractivity contribution in [2.24, 2.45) is 0 Å². The van der Waals surface area contributed by atoms with Gasteiger partial charge in [-0.1, -0.05) is 133 Å². The van der Waals surface area contributed by atoms with Gasteiger partial charge in [-0.3, -0.25) is 9.59 Å². The summed E-state index contributed by atoms with van der Waals surface area (Å²) in [5.74, 6) is -0.881. The second kappa shape index (κ2) is 33.2. The van der Waals surface area contributed by atoms with E-state index < -0.39 is 30.9 Å². The average molecular weight is 635 g/mol. The highest BCUT2D eigenvalue weighted by Gasteiger charge is 2.18. The van der Waals surface area contributed by atoms with E-state index in [1.54, 1.807) is 0 Å². The maximum Gasteiger partial charge on any atom is 0.306 e. The fourth-order valence-corrected chi connectivity index (χ4v) is 4.76. The predicted molar refractivity (Wildman–Crippen MR) is 185 cm³/mol. The summed E-state index contributed by atoms with van der Waals surface area (Å²) in [6.45, 7) is 3.74. The van der Waals surface area contributed by atoms with Crippen molar-refractivity contribution in [3.05, 3.63) is 48.6 Å². The van der Waals surface area contributed by atoms with Crippen LogP contribution in [0.15, 0.2) is 48.6 Å². The summed E-state index contributed by atoms with van der Waals surface area (Å²) >= 11 is 0. The summed E-state index contributed by atoms with van der Waals surface area (Å²) in [4.78, 5) is 24.2. The van der Waals surface area contributed by atoms with Crippen LogP contribution in [0.25, 0.3) is 0 Å². The molecule has 0 saturated carbocycles. The number of ether oxygens (including phenoxy) is 2. The number of carbonyl (C=O) groups excluding carboxylic acids is 2. The summed E-state index contributed by atoms with van der Waals surface area (Å²) in [7, 11) is 0. The number of aliphatic hydroxyl groups is 3. The lowest BCUT2D eigenvalue weighted by Crippen LogP contribution is -2.28. The highest BCUT2D eigenvalue weighted by atomic mass is 16.6. The molecule has 0 amide bonds. The molecule has 7 nitrogen and oxygen atoms in total. The number of unbranched alkanes of at least 4 members (excludes halogenated alkanes) is 11. The second-order valence-electron chi connectivity index (χ2n) is 11.9. The van der Waals surface area contributed by atoms with Gasteiger partial charge in [0.05, 0.1) is 18.8 Å². The predicted octanol–water partition coefficient (Wildman–Crippen LogP) is 8.61. The monoisotopic (exact) mass is 634 g/mol. The summed E-state index contributed by atoms with van der Waals surface area (Å²) < 4.78 is 10.4. The van der Waals surface area contributed by atoms with E-state index in [9.17, 15) is 24.9 Å². The lowest BCUT2D eigenvalue weighted by atomic mass is 10.0. The third kappa shape index (κ3) is 30.2. The molecule has 0 rings (SSSR count). The Balaban J connectivity index is 3.87. The Morgan fingerprint density at radius 2 is 1.09 bits per heavy atom. The second-order valence-corrected chi connectivity index (χ2v) is 11.9. The van der Waals surface area contributed by atoms with Gasteiger partial charge in [0.25, 0.3) is 0 Å². The zero-order chi connectivity index (χ0) is 33.2. The van der Waals surface area contributed by atoms with Gasteiger partial charge in [0.1, 0.15) is 6.61 Å². The summed E-state index contributed by atoms with van der Waals surface area (Å²) in [5.41, 5.74) is 0. The van der Waals surface area contributed by atoms with Crippen LogP contribution in [0.3, 0.4) is 0 Å². The number of carbonyl (C=O) groups is 2. The van der Waals surface area contributed by atoms with Gasteiger partial charge in [0, 0.05) is 12.8 Å². The molecule has 0 aliphatic carbocycles. The molecule has 0 aromatic heterocycles. The van der Waals surface area contributed by atoms with Crippen LogP contribution in [-0.4, -0.2) is 58.8 Å². The largest absolute Gasteiger partial charge is 0.462 e. The zero-order valence-corrected chi connectivity index (χ0v) is 28.6. The van der Waals surface area contributed by atoms with Crippen molar-refractivity contribution >= 4 is 11.9 Å². The molecule has 260 valence electrons. The molecule has 0 fully saturated rings. The number of rotatable bonds is 31. The fourth-order valence-electron chi connectivity index (χ4n) is 4.76. The third-order valence-corrected chi connectivity index (χ3v) is 7.59. The molecule has 0 bridgehead atoms. The summed E-state index contributed by atoms with van der Waals surface area (Å²) in [6, 6.07) is 0. The van der Waals surface area contributed by atoms with Gasteiger partial charge in [-0.05, 0) is 51.4 Å². The number of hydrogen-bond donors (Lipinski definition) is 3. The van der Waals surface area contributed by atoms with Gasteiger partial charge in [0.2, 0.25) is 0 Å². The number of hydrogen-bond acceptors (Lipinski definition) is 7. The SMILES string of the molecule is CC/C=C\C/C=C\C/C=C\C/C=C\C[C@H](O)[C@@H](O)CCCC(=O)OC[C@H](CO)OC(=O)CCCCCCCCCCCCCC.